The summed E-state index contributed by atoms with van der Waals surface area (Å²) in [6.45, 7) is 2.51. The zero-order valence-corrected chi connectivity index (χ0v) is 13.7. The van der Waals surface area contributed by atoms with Crippen molar-refractivity contribution in [2.24, 2.45) is 0 Å². The van der Waals surface area contributed by atoms with E-state index < -0.39 is 0 Å². The zero-order chi connectivity index (χ0) is 16.5. The summed E-state index contributed by atoms with van der Waals surface area (Å²) in [5.74, 6) is 2.15. The molecule has 7 nitrogen and oxygen atoms in total. The minimum Gasteiger partial charge on any atom is -0.368 e. The van der Waals surface area contributed by atoms with Gasteiger partial charge in [-0.05, 0) is 25.1 Å². The number of aromatic nitrogens is 4. The highest BCUT2D eigenvalue weighted by molar-refractivity contribution is 5.74. The van der Waals surface area contributed by atoms with Crippen LogP contribution < -0.4 is 16.0 Å². The largest absolute Gasteiger partial charge is 0.368 e. The minimum atomic E-state index is 0.335. The van der Waals surface area contributed by atoms with Gasteiger partial charge in [0.2, 0.25) is 5.95 Å². The maximum atomic E-state index is 5.93. The van der Waals surface area contributed by atoms with Crippen molar-refractivity contribution in [2.45, 2.75) is 19.4 Å². The van der Waals surface area contributed by atoms with E-state index in [1.54, 1.807) is 0 Å². The van der Waals surface area contributed by atoms with Gasteiger partial charge in [-0.1, -0.05) is 12.1 Å². The number of imidazole rings is 1. The highest BCUT2D eigenvalue weighted by atomic mass is 15.2. The fourth-order valence-electron chi connectivity index (χ4n) is 3.24. The first-order chi connectivity index (χ1) is 11.7. The van der Waals surface area contributed by atoms with Gasteiger partial charge in [-0.3, -0.25) is 0 Å². The van der Waals surface area contributed by atoms with Gasteiger partial charge < -0.3 is 20.9 Å². The lowest BCUT2D eigenvalue weighted by atomic mass is 10.1. The number of hydrogen-bond donors (Lipinski definition) is 3. The lowest BCUT2D eigenvalue weighted by Gasteiger charge is -2.21. The molecule has 0 fully saturated rings. The van der Waals surface area contributed by atoms with Crippen molar-refractivity contribution >= 4 is 22.8 Å². The van der Waals surface area contributed by atoms with Crippen LogP contribution in [0.5, 0.6) is 0 Å². The molecule has 0 amide bonds. The molecule has 7 heteroatoms. The number of para-hydroxylation sites is 2. The van der Waals surface area contributed by atoms with Crippen LogP contribution in [0, 0.1) is 0 Å². The Labute approximate surface area is 140 Å². The lowest BCUT2D eigenvalue weighted by Crippen LogP contribution is -2.22. The average molecular weight is 323 g/mol. The Bertz CT molecular complexity index is 838. The molecule has 0 unspecified atom stereocenters. The summed E-state index contributed by atoms with van der Waals surface area (Å²) >= 11 is 0. The fraction of sp³-hybridized carbons (Fsp3) is 0.353. The van der Waals surface area contributed by atoms with Gasteiger partial charge in [0.1, 0.15) is 11.6 Å². The quantitative estimate of drug-likeness (QED) is 0.671. The molecule has 0 saturated heterocycles. The predicted molar refractivity (Wildman–Crippen MR) is 94.9 cm³/mol. The van der Waals surface area contributed by atoms with Crippen molar-refractivity contribution in [3.63, 3.8) is 0 Å². The number of nitrogens with one attached hydrogen (secondary N) is 2. The van der Waals surface area contributed by atoms with Crippen LogP contribution in [-0.4, -0.2) is 40.1 Å². The maximum absolute atomic E-state index is 5.93. The summed E-state index contributed by atoms with van der Waals surface area (Å²) in [6, 6.07) is 8.04. The van der Waals surface area contributed by atoms with Crippen molar-refractivity contribution in [2.75, 3.05) is 30.8 Å². The Morgan fingerprint density at radius 1 is 1.12 bits per heavy atom. The van der Waals surface area contributed by atoms with Gasteiger partial charge in [-0.2, -0.15) is 4.98 Å². The summed E-state index contributed by atoms with van der Waals surface area (Å²) < 4.78 is 0. The summed E-state index contributed by atoms with van der Waals surface area (Å²) in [4.78, 5) is 19.0. The molecule has 4 rings (SSSR count). The van der Waals surface area contributed by atoms with Crippen LogP contribution in [0.1, 0.15) is 17.1 Å². The van der Waals surface area contributed by atoms with Crippen molar-refractivity contribution < 1.29 is 0 Å². The number of rotatable bonds is 3. The first-order valence-corrected chi connectivity index (χ1v) is 8.21. The van der Waals surface area contributed by atoms with Crippen LogP contribution in [0.2, 0.25) is 0 Å². The molecule has 1 aliphatic heterocycles. The highest BCUT2D eigenvalue weighted by Gasteiger charge is 2.19. The molecule has 2 aromatic heterocycles. The van der Waals surface area contributed by atoms with E-state index in [2.05, 4.69) is 30.2 Å². The van der Waals surface area contributed by atoms with E-state index in [9.17, 15) is 0 Å². The number of aromatic amines is 1. The van der Waals surface area contributed by atoms with Crippen LogP contribution in [0.15, 0.2) is 24.3 Å². The third kappa shape index (κ3) is 2.78. The summed E-state index contributed by atoms with van der Waals surface area (Å²) in [5.41, 5.74) is 10.2. The monoisotopic (exact) mass is 323 g/mol. The number of hydrogen-bond acceptors (Lipinski definition) is 6. The Hall–Kier alpha value is -2.67. The minimum absolute atomic E-state index is 0.335. The molecule has 0 saturated carbocycles. The molecule has 1 aromatic carbocycles. The maximum Gasteiger partial charge on any atom is 0.222 e. The number of nitrogen functional groups attached to an aromatic ring is 1. The van der Waals surface area contributed by atoms with Crippen LogP contribution in [0.25, 0.3) is 11.0 Å². The van der Waals surface area contributed by atoms with Gasteiger partial charge in [0.05, 0.1) is 23.3 Å². The van der Waals surface area contributed by atoms with Gasteiger partial charge in [0.15, 0.2) is 0 Å². The second-order valence-electron chi connectivity index (χ2n) is 6.14. The third-order valence-corrected chi connectivity index (χ3v) is 4.37. The molecule has 3 heterocycles. The van der Waals surface area contributed by atoms with Crippen molar-refractivity contribution in [1.29, 1.82) is 0 Å². The third-order valence-electron chi connectivity index (χ3n) is 4.37. The summed E-state index contributed by atoms with van der Waals surface area (Å²) in [7, 11) is 2.02. The van der Waals surface area contributed by atoms with E-state index in [4.69, 9.17) is 5.73 Å². The zero-order valence-electron chi connectivity index (χ0n) is 13.7. The molecule has 1 aliphatic rings. The number of nitrogens with zero attached hydrogens (tertiary/aromatic N) is 4. The summed E-state index contributed by atoms with van der Waals surface area (Å²) in [5, 5.41) is 3.40. The highest BCUT2D eigenvalue weighted by Crippen LogP contribution is 2.24. The van der Waals surface area contributed by atoms with E-state index >= 15 is 0 Å². The average Bonchev–Trinajstić information content (AvgIpc) is 2.82. The van der Waals surface area contributed by atoms with E-state index in [-0.39, 0.29) is 0 Å². The SMILES string of the molecule is CN(Cc1nc2ccccc2[nH]1)c1nc(N)nc2c1CCNCC2. The lowest BCUT2D eigenvalue weighted by molar-refractivity contribution is 0.708. The molecule has 4 N–H and O–H groups in total. The van der Waals surface area contributed by atoms with Crippen molar-refractivity contribution in [3.8, 4) is 0 Å². The normalized spacial score (nSPS) is 14.4. The molecule has 0 bridgehead atoms. The van der Waals surface area contributed by atoms with Gasteiger partial charge in [0.25, 0.3) is 0 Å². The molecular weight excluding hydrogens is 302 g/mol. The number of anilines is 2. The van der Waals surface area contributed by atoms with Crippen LogP contribution in [-0.2, 0) is 19.4 Å². The van der Waals surface area contributed by atoms with Crippen LogP contribution >= 0.6 is 0 Å². The van der Waals surface area contributed by atoms with Crippen LogP contribution in [0.3, 0.4) is 0 Å². The molecule has 0 spiro atoms. The number of H-pyrrole nitrogens is 1. The van der Waals surface area contributed by atoms with Gasteiger partial charge in [-0.15, -0.1) is 0 Å². The Balaban J connectivity index is 1.66. The van der Waals surface area contributed by atoms with Crippen molar-refractivity contribution in [3.05, 3.63) is 41.3 Å². The molecule has 0 atom stereocenters. The van der Waals surface area contributed by atoms with E-state index in [0.29, 0.717) is 12.5 Å². The van der Waals surface area contributed by atoms with E-state index in [0.717, 1.165) is 54.3 Å². The number of nitrogens with two attached hydrogens (primary N) is 1. The fourth-order valence-corrected chi connectivity index (χ4v) is 3.24. The smallest absolute Gasteiger partial charge is 0.222 e. The second-order valence-corrected chi connectivity index (χ2v) is 6.14. The molecular formula is C17H21N7. The standard InChI is InChI=1S/C17H21N7/c1-24(10-15-20-13-4-2-3-5-14(13)21-15)16-11-6-8-19-9-7-12(11)22-17(18)23-16/h2-5,19H,6-10H2,1H3,(H,20,21)(H2,18,22,23). The Kier molecular flexibility index (Phi) is 3.78. The number of fused-ring (bicyclic) bond motifs is 2. The molecule has 0 aliphatic carbocycles. The van der Waals surface area contributed by atoms with Gasteiger partial charge in [0, 0.05) is 25.6 Å². The molecule has 0 radical (unpaired) electrons. The Morgan fingerprint density at radius 2 is 1.96 bits per heavy atom. The molecule has 124 valence electrons. The Morgan fingerprint density at radius 3 is 2.83 bits per heavy atom. The molecule has 24 heavy (non-hydrogen) atoms. The van der Waals surface area contributed by atoms with Crippen LogP contribution in [0.4, 0.5) is 11.8 Å². The first-order valence-electron chi connectivity index (χ1n) is 8.21. The van der Waals surface area contributed by atoms with E-state index in [1.807, 2.05) is 31.3 Å². The first kappa shape index (κ1) is 14.9. The van der Waals surface area contributed by atoms with Gasteiger partial charge in [-0.25, -0.2) is 9.97 Å². The van der Waals surface area contributed by atoms with E-state index in [1.165, 1.54) is 5.56 Å². The summed E-state index contributed by atoms with van der Waals surface area (Å²) in [6.07, 6.45) is 1.79. The topological polar surface area (TPSA) is 95.8 Å². The second kappa shape index (κ2) is 6.09. The molecule has 3 aromatic rings. The number of benzene rings is 1. The van der Waals surface area contributed by atoms with Crippen molar-refractivity contribution in [1.82, 2.24) is 25.3 Å². The van der Waals surface area contributed by atoms with Gasteiger partial charge >= 0.3 is 0 Å². The predicted octanol–water partition coefficient (Wildman–Crippen LogP) is 1.26.